The molecular formula is C25H31FN2O5S. The second-order valence-corrected chi connectivity index (χ2v) is 10.5. The highest BCUT2D eigenvalue weighted by molar-refractivity contribution is 7.89. The van der Waals surface area contributed by atoms with E-state index in [4.69, 9.17) is 4.74 Å². The second kappa shape index (κ2) is 10.7. The summed E-state index contributed by atoms with van der Waals surface area (Å²) in [7, 11) is -2.30. The molecule has 184 valence electrons. The highest BCUT2D eigenvalue weighted by atomic mass is 32.2. The summed E-state index contributed by atoms with van der Waals surface area (Å²) in [5, 5.41) is 9.73. The van der Waals surface area contributed by atoms with Gasteiger partial charge in [-0.05, 0) is 55.8 Å². The third-order valence-electron chi connectivity index (χ3n) is 5.94. The fourth-order valence-corrected chi connectivity index (χ4v) is 5.75. The minimum absolute atomic E-state index is 0.0190. The van der Waals surface area contributed by atoms with Crippen LogP contribution in [0.4, 0.5) is 4.39 Å². The zero-order valence-electron chi connectivity index (χ0n) is 19.8. The number of allylic oxidation sites excluding steroid dienone is 1. The Balaban J connectivity index is 1.99. The number of rotatable bonds is 6. The quantitative estimate of drug-likeness (QED) is 0.671. The molecule has 0 aromatic heterocycles. The molecule has 0 radical (unpaired) electrons. The lowest BCUT2D eigenvalue weighted by atomic mass is 10.0. The Morgan fingerprint density at radius 1 is 1.29 bits per heavy atom. The molecule has 0 saturated heterocycles. The van der Waals surface area contributed by atoms with E-state index in [1.54, 1.807) is 26.1 Å². The minimum atomic E-state index is -3.93. The number of aliphatic hydroxyl groups is 1. The molecule has 1 heterocycles. The van der Waals surface area contributed by atoms with E-state index in [0.717, 1.165) is 5.56 Å². The lowest BCUT2D eigenvalue weighted by Gasteiger charge is -2.37. The van der Waals surface area contributed by atoms with Crippen LogP contribution in [0.1, 0.15) is 36.7 Å². The summed E-state index contributed by atoms with van der Waals surface area (Å²) >= 11 is 0. The van der Waals surface area contributed by atoms with Crippen molar-refractivity contribution in [2.24, 2.45) is 5.92 Å². The molecule has 1 amide bonds. The van der Waals surface area contributed by atoms with Crippen molar-refractivity contribution in [1.82, 2.24) is 9.21 Å². The summed E-state index contributed by atoms with van der Waals surface area (Å²) < 4.78 is 47.7. The summed E-state index contributed by atoms with van der Waals surface area (Å²) in [5.74, 6) is -0.825. The number of benzene rings is 2. The van der Waals surface area contributed by atoms with Gasteiger partial charge in [0.25, 0.3) is 5.91 Å². The molecule has 0 bridgehead atoms. The molecule has 3 atom stereocenters. The van der Waals surface area contributed by atoms with Crippen LogP contribution in [0, 0.1) is 11.7 Å². The maximum absolute atomic E-state index is 13.5. The van der Waals surface area contributed by atoms with Crippen molar-refractivity contribution in [2.75, 3.05) is 26.7 Å². The van der Waals surface area contributed by atoms with E-state index in [-0.39, 0.29) is 42.2 Å². The number of likely N-dealkylation sites (N-methyl/N-ethyl adjacent to an activating group) is 1. The molecule has 1 aliphatic heterocycles. The molecule has 34 heavy (non-hydrogen) atoms. The van der Waals surface area contributed by atoms with Crippen molar-refractivity contribution >= 4 is 22.0 Å². The monoisotopic (exact) mass is 490 g/mol. The topological polar surface area (TPSA) is 87.2 Å². The first-order valence-corrected chi connectivity index (χ1v) is 12.6. The number of sulfonamides is 1. The predicted molar refractivity (Wildman–Crippen MR) is 129 cm³/mol. The van der Waals surface area contributed by atoms with E-state index >= 15 is 0 Å². The van der Waals surface area contributed by atoms with Crippen molar-refractivity contribution in [3.05, 3.63) is 65.5 Å². The van der Waals surface area contributed by atoms with Gasteiger partial charge in [0.2, 0.25) is 10.0 Å². The Hall–Kier alpha value is -2.75. The van der Waals surface area contributed by atoms with Crippen LogP contribution in [0.25, 0.3) is 6.08 Å². The molecule has 9 heteroatoms. The van der Waals surface area contributed by atoms with Crippen LogP contribution < -0.4 is 4.74 Å². The summed E-state index contributed by atoms with van der Waals surface area (Å²) in [6, 6.07) is 9.55. The highest BCUT2D eigenvalue weighted by Gasteiger charge is 2.38. The summed E-state index contributed by atoms with van der Waals surface area (Å²) in [5.41, 5.74) is 1.12. The van der Waals surface area contributed by atoms with Crippen LogP contribution in [0.5, 0.6) is 5.75 Å². The Morgan fingerprint density at radius 2 is 1.97 bits per heavy atom. The predicted octanol–water partition coefficient (Wildman–Crippen LogP) is 3.40. The number of halogens is 1. The number of aliphatic hydroxyl groups excluding tert-OH is 1. The van der Waals surface area contributed by atoms with Crippen LogP contribution in [0.2, 0.25) is 0 Å². The summed E-state index contributed by atoms with van der Waals surface area (Å²) in [6.45, 7) is 5.34. The average Bonchev–Trinajstić information content (AvgIpc) is 2.81. The van der Waals surface area contributed by atoms with Gasteiger partial charge in [-0.2, -0.15) is 4.31 Å². The average molecular weight is 491 g/mol. The fourth-order valence-electron chi connectivity index (χ4n) is 3.92. The van der Waals surface area contributed by atoms with Gasteiger partial charge in [-0.25, -0.2) is 12.8 Å². The van der Waals surface area contributed by atoms with Crippen molar-refractivity contribution in [1.29, 1.82) is 0 Å². The van der Waals surface area contributed by atoms with Gasteiger partial charge in [-0.15, -0.1) is 0 Å². The van der Waals surface area contributed by atoms with Gasteiger partial charge in [0, 0.05) is 31.1 Å². The van der Waals surface area contributed by atoms with Gasteiger partial charge in [-0.3, -0.25) is 4.79 Å². The van der Waals surface area contributed by atoms with E-state index in [9.17, 15) is 22.7 Å². The third kappa shape index (κ3) is 5.48. The van der Waals surface area contributed by atoms with E-state index < -0.39 is 28.0 Å². The smallest absolute Gasteiger partial charge is 0.253 e. The lowest BCUT2D eigenvalue weighted by Crippen LogP contribution is -2.50. The Kier molecular flexibility index (Phi) is 8.12. The van der Waals surface area contributed by atoms with E-state index in [0.29, 0.717) is 5.56 Å². The maximum atomic E-state index is 13.5. The Labute approximate surface area is 200 Å². The van der Waals surface area contributed by atoms with Crippen molar-refractivity contribution in [3.8, 4) is 5.75 Å². The molecular weight excluding hydrogens is 459 g/mol. The van der Waals surface area contributed by atoms with Crippen LogP contribution >= 0.6 is 0 Å². The van der Waals surface area contributed by atoms with Crippen LogP contribution in [0.15, 0.2) is 53.4 Å². The van der Waals surface area contributed by atoms with E-state index in [1.165, 1.54) is 39.5 Å². The molecule has 0 saturated carbocycles. The van der Waals surface area contributed by atoms with E-state index in [1.807, 2.05) is 26.0 Å². The molecule has 7 nitrogen and oxygen atoms in total. The number of hydrogen-bond acceptors (Lipinski definition) is 5. The molecule has 0 unspecified atom stereocenters. The molecule has 2 aromatic carbocycles. The number of amides is 1. The van der Waals surface area contributed by atoms with Crippen LogP contribution in [-0.4, -0.2) is 67.5 Å². The SMILES string of the molecule is C/C=C/c1ccc2c(c1)O[C@H](CN(C)C(=O)c1ccc(F)cc1)[C@H](C)CN([C@H](C)CO)S2(=O)=O. The Morgan fingerprint density at radius 3 is 2.59 bits per heavy atom. The van der Waals surface area contributed by atoms with Crippen molar-refractivity contribution in [2.45, 2.75) is 37.8 Å². The first-order valence-electron chi connectivity index (χ1n) is 11.2. The number of hydrogen-bond donors (Lipinski definition) is 1. The molecule has 0 aliphatic carbocycles. The van der Waals surface area contributed by atoms with Gasteiger partial charge in [0.1, 0.15) is 22.6 Å². The van der Waals surface area contributed by atoms with Gasteiger partial charge >= 0.3 is 0 Å². The standard InChI is InChI=1S/C25H31FN2O5S/c1-5-6-19-7-12-24-22(13-19)33-23(17(2)14-28(18(3)16-29)34(24,31)32)15-27(4)25(30)20-8-10-21(26)11-9-20/h5-13,17-18,23,29H,14-16H2,1-4H3/b6-5+/t17-,18-,23-/m1/s1. The zero-order chi connectivity index (χ0) is 25.0. The number of fused-ring (bicyclic) bond motifs is 1. The normalized spacial score (nSPS) is 21.2. The first kappa shape index (κ1) is 25.9. The van der Waals surface area contributed by atoms with E-state index in [2.05, 4.69) is 0 Å². The number of ether oxygens (including phenoxy) is 1. The third-order valence-corrected chi connectivity index (χ3v) is 7.96. The number of nitrogens with zero attached hydrogens (tertiary/aromatic N) is 2. The van der Waals surface area contributed by atoms with Crippen LogP contribution in [0.3, 0.4) is 0 Å². The maximum Gasteiger partial charge on any atom is 0.253 e. The number of carbonyl (C=O) groups excluding carboxylic acids is 1. The minimum Gasteiger partial charge on any atom is -0.487 e. The summed E-state index contributed by atoms with van der Waals surface area (Å²) in [6.07, 6.45) is 3.15. The first-order chi connectivity index (χ1) is 16.1. The van der Waals surface area contributed by atoms with Gasteiger partial charge in [-0.1, -0.05) is 25.1 Å². The zero-order valence-corrected chi connectivity index (χ0v) is 20.6. The molecule has 0 spiro atoms. The summed E-state index contributed by atoms with van der Waals surface area (Å²) in [4.78, 5) is 14.4. The van der Waals surface area contributed by atoms with Crippen molar-refractivity contribution < 1.29 is 27.4 Å². The second-order valence-electron chi connectivity index (χ2n) is 8.64. The molecule has 2 aromatic rings. The van der Waals surface area contributed by atoms with Crippen molar-refractivity contribution in [3.63, 3.8) is 0 Å². The molecule has 0 fully saturated rings. The number of carbonyl (C=O) groups is 1. The van der Waals surface area contributed by atoms with Gasteiger partial charge < -0.3 is 14.7 Å². The molecule has 3 rings (SSSR count). The largest absolute Gasteiger partial charge is 0.487 e. The molecule has 1 aliphatic rings. The fraction of sp³-hybridized carbons (Fsp3) is 0.400. The Bertz CT molecular complexity index is 1150. The highest BCUT2D eigenvalue weighted by Crippen LogP contribution is 2.34. The van der Waals surface area contributed by atoms with Gasteiger partial charge in [0.15, 0.2) is 0 Å². The lowest BCUT2D eigenvalue weighted by molar-refractivity contribution is 0.0563. The van der Waals surface area contributed by atoms with Gasteiger partial charge in [0.05, 0.1) is 13.2 Å². The molecule has 1 N–H and O–H groups in total. The van der Waals surface area contributed by atoms with Crippen LogP contribution in [-0.2, 0) is 10.0 Å².